The summed E-state index contributed by atoms with van der Waals surface area (Å²) < 4.78 is 24.2. The van der Waals surface area contributed by atoms with Crippen LogP contribution in [-0.2, 0) is 13.0 Å². The van der Waals surface area contributed by atoms with Crippen LogP contribution >= 0.6 is 0 Å². The highest BCUT2D eigenvalue weighted by atomic mass is 19.1. The smallest absolute Gasteiger partial charge is 0.166 e. The van der Waals surface area contributed by atoms with E-state index in [1.165, 1.54) is 28.2 Å². The van der Waals surface area contributed by atoms with Crippen LogP contribution in [0.2, 0.25) is 0 Å². The molecular weight excluding hydrogens is 331 g/mol. The lowest BCUT2D eigenvalue weighted by Crippen LogP contribution is -3.14. The van der Waals surface area contributed by atoms with Gasteiger partial charge in [-0.05, 0) is 29.8 Å². The van der Waals surface area contributed by atoms with E-state index >= 15 is 0 Å². The molecule has 0 spiro atoms. The first-order valence-corrected chi connectivity index (χ1v) is 9.24. The van der Waals surface area contributed by atoms with Crippen molar-refractivity contribution < 1.29 is 24.5 Å². The maximum atomic E-state index is 13.2. The highest BCUT2D eigenvalue weighted by Crippen LogP contribution is 2.35. The predicted molar refractivity (Wildman–Crippen MR) is 98.9 cm³/mol. The van der Waals surface area contributed by atoms with Crippen LogP contribution in [-0.4, -0.2) is 26.8 Å². The maximum Gasteiger partial charge on any atom is 0.166 e. The van der Waals surface area contributed by atoms with Crippen molar-refractivity contribution in [2.45, 2.75) is 38.4 Å². The maximum absolute atomic E-state index is 13.2. The average molecular weight is 360 g/mol. The van der Waals surface area contributed by atoms with E-state index in [-0.39, 0.29) is 11.9 Å². The molecular formula is C21H29FN2O2+2. The third-order valence-electron chi connectivity index (χ3n) is 5.48. The van der Waals surface area contributed by atoms with Crippen LogP contribution in [0.5, 0.6) is 11.5 Å². The topological polar surface area (TPSA) is 50.5 Å². The van der Waals surface area contributed by atoms with Crippen molar-refractivity contribution >= 4 is 0 Å². The Morgan fingerprint density at radius 1 is 1.15 bits per heavy atom. The molecule has 0 amide bonds. The van der Waals surface area contributed by atoms with E-state index in [9.17, 15) is 4.39 Å². The predicted octanol–water partition coefficient (Wildman–Crippen LogP) is 1.55. The lowest BCUT2D eigenvalue weighted by Gasteiger charge is -2.36. The molecule has 2 aromatic rings. The molecule has 1 heterocycles. The zero-order chi connectivity index (χ0) is 18.7. The number of fused-ring (bicyclic) bond motifs is 1. The zero-order valence-electron chi connectivity index (χ0n) is 15.8. The van der Waals surface area contributed by atoms with Crippen LogP contribution in [0, 0.1) is 5.82 Å². The molecule has 5 heteroatoms. The van der Waals surface area contributed by atoms with Gasteiger partial charge in [-0.2, -0.15) is 0 Å². The highest BCUT2D eigenvalue weighted by molar-refractivity contribution is 5.49. The van der Waals surface area contributed by atoms with Crippen LogP contribution in [0.1, 0.15) is 36.1 Å². The molecule has 140 valence electrons. The van der Waals surface area contributed by atoms with Gasteiger partial charge in [-0.25, -0.2) is 4.39 Å². The van der Waals surface area contributed by atoms with Crippen molar-refractivity contribution in [3.05, 3.63) is 58.9 Å². The minimum atomic E-state index is -0.190. The normalized spacial score (nSPS) is 20.3. The van der Waals surface area contributed by atoms with Gasteiger partial charge < -0.3 is 20.1 Å². The molecule has 3 rings (SSSR count). The second-order valence-corrected chi connectivity index (χ2v) is 7.01. The summed E-state index contributed by atoms with van der Waals surface area (Å²) in [6.45, 7) is 4.07. The summed E-state index contributed by atoms with van der Waals surface area (Å²) in [5.74, 6) is 1.36. The standard InChI is InChI=1S/C21H27FN2O2/c1-4-18(23)21-17-12-20(26-3)19(25-2)11-15(17)9-10-24(21)13-14-5-7-16(22)8-6-14/h5-8,11-12,18,21H,4,9-10,13,23H2,1-3H3/p+2/t18-,21-/m0/s1. The minimum absolute atomic E-state index is 0.190. The quantitative estimate of drug-likeness (QED) is 0.821. The average Bonchev–Trinajstić information content (AvgIpc) is 2.67. The molecule has 0 aromatic heterocycles. The summed E-state index contributed by atoms with van der Waals surface area (Å²) >= 11 is 0. The first-order chi connectivity index (χ1) is 12.6. The van der Waals surface area contributed by atoms with Gasteiger partial charge in [0.15, 0.2) is 17.5 Å². The van der Waals surface area contributed by atoms with E-state index in [0.29, 0.717) is 6.04 Å². The van der Waals surface area contributed by atoms with E-state index in [1.807, 2.05) is 12.1 Å². The van der Waals surface area contributed by atoms with Crippen molar-refractivity contribution in [2.24, 2.45) is 0 Å². The Morgan fingerprint density at radius 2 is 1.81 bits per heavy atom. The number of benzene rings is 2. The molecule has 1 aliphatic rings. The zero-order valence-corrected chi connectivity index (χ0v) is 15.8. The lowest BCUT2D eigenvalue weighted by atomic mass is 9.86. The number of hydrogen-bond acceptors (Lipinski definition) is 2. The Hall–Kier alpha value is -2.11. The molecule has 0 saturated heterocycles. The Kier molecular flexibility index (Phi) is 5.79. The third-order valence-corrected chi connectivity index (χ3v) is 5.48. The number of halogens is 1. The summed E-state index contributed by atoms with van der Waals surface area (Å²) in [6.07, 6.45) is 1.99. The second kappa shape index (κ2) is 8.06. The van der Waals surface area contributed by atoms with Gasteiger partial charge in [0.05, 0.1) is 20.8 Å². The summed E-state index contributed by atoms with van der Waals surface area (Å²) in [7, 11) is 3.35. The van der Waals surface area contributed by atoms with Gasteiger partial charge in [0, 0.05) is 24.0 Å². The Morgan fingerprint density at radius 3 is 2.42 bits per heavy atom. The van der Waals surface area contributed by atoms with Crippen molar-refractivity contribution in [1.82, 2.24) is 0 Å². The molecule has 0 bridgehead atoms. The molecule has 26 heavy (non-hydrogen) atoms. The molecule has 4 nitrogen and oxygen atoms in total. The summed E-state index contributed by atoms with van der Waals surface area (Å²) in [5, 5.41) is 0. The molecule has 0 fully saturated rings. The first kappa shape index (κ1) is 18.7. The largest absolute Gasteiger partial charge is 0.493 e. The number of hydrogen-bond donors (Lipinski definition) is 2. The van der Waals surface area contributed by atoms with Crippen LogP contribution < -0.4 is 20.1 Å². The van der Waals surface area contributed by atoms with Gasteiger partial charge in [-0.1, -0.05) is 19.1 Å². The van der Waals surface area contributed by atoms with Crippen LogP contribution in [0.15, 0.2) is 36.4 Å². The van der Waals surface area contributed by atoms with Gasteiger partial charge in [0.2, 0.25) is 0 Å². The fourth-order valence-electron chi connectivity index (χ4n) is 4.00. The summed E-state index contributed by atoms with van der Waals surface area (Å²) in [6, 6.07) is 11.7. The van der Waals surface area contributed by atoms with Crippen molar-refractivity contribution in [3.63, 3.8) is 0 Å². The van der Waals surface area contributed by atoms with Crippen molar-refractivity contribution in [2.75, 3.05) is 20.8 Å². The van der Waals surface area contributed by atoms with Crippen LogP contribution in [0.3, 0.4) is 0 Å². The van der Waals surface area contributed by atoms with Crippen molar-refractivity contribution in [3.8, 4) is 11.5 Å². The molecule has 1 unspecified atom stereocenters. The van der Waals surface area contributed by atoms with E-state index in [2.05, 4.69) is 24.8 Å². The molecule has 0 saturated carbocycles. The molecule has 3 atom stereocenters. The van der Waals surface area contributed by atoms with Gasteiger partial charge in [0.1, 0.15) is 18.4 Å². The third kappa shape index (κ3) is 3.69. The van der Waals surface area contributed by atoms with Crippen LogP contribution in [0.25, 0.3) is 0 Å². The minimum Gasteiger partial charge on any atom is -0.493 e. The summed E-state index contributed by atoms with van der Waals surface area (Å²) in [5.41, 5.74) is 8.20. The fraction of sp³-hybridized carbons (Fsp3) is 0.429. The van der Waals surface area contributed by atoms with Gasteiger partial charge in [-0.15, -0.1) is 0 Å². The molecule has 0 radical (unpaired) electrons. The monoisotopic (exact) mass is 360 g/mol. The van der Waals surface area contributed by atoms with E-state index in [1.54, 1.807) is 14.2 Å². The number of methoxy groups -OCH3 is 2. The van der Waals surface area contributed by atoms with Gasteiger partial charge in [-0.3, -0.25) is 0 Å². The van der Waals surface area contributed by atoms with Crippen molar-refractivity contribution in [1.29, 1.82) is 0 Å². The number of quaternary nitrogens is 2. The lowest BCUT2D eigenvalue weighted by molar-refractivity contribution is -0.957. The molecule has 1 aliphatic heterocycles. The number of ether oxygens (including phenoxy) is 2. The molecule has 0 aliphatic carbocycles. The highest BCUT2D eigenvalue weighted by Gasteiger charge is 2.38. The first-order valence-electron chi connectivity index (χ1n) is 9.24. The van der Waals surface area contributed by atoms with Crippen LogP contribution in [0.4, 0.5) is 4.39 Å². The Labute approximate surface area is 154 Å². The van der Waals surface area contributed by atoms with E-state index < -0.39 is 0 Å². The van der Waals surface area contributed by atoms with E-state index in [4.69, 9.17) is 9.47 Å². The number of nitrogens with one attached hydrogen (secondary N) is 1. The Balaban J connectivity index is 1.96. The Bertz CT molecular complexity index is 748. The van der Waals surface area contributed by atoms with Gasteiger partial charge in [0.25, 0.3) is 0 Å². The second-order valence-electron chi connectivity index (χ2n) is 7.01. The molecule has 4 N–H and O–H groups in total. The number of rotatable bonds is 6. The van der Waals surface area contributed by atoms with Gasteiger partial charge >= 0.3 is 0 Å². The summed E-state index contributed by atoms with van der Waals surface area (Å²) in [4.78, 5) is 1.47. The van der Waals surface area contributed by atoms with E-state index in [0.717, 1.165) is 43.0 Å². The molecule has 2 aromatic carbocycles. The fourth-order valence-corrected chi connectivity index (χ4v) is 4.00. The SMILES string of the molecule is CC[C@H]([NH3+])[C@@H]1c2cc(OC)c(OC)cc2CC[NH+]1Cc1ccc(F)cc1.